The quantitative estimate of drug-likeness (QED) is 0.918. The summed E-state index contributed by atoms with van der Waals surface area (Å²) in [5, 5.41) is 6.94. The number of nitrogens with zero attached hydrogens (tertiary/aromatic N) is 2. The van der Waals surface area contributed by atoms with Crippen LogP contribution < -0.4 is 5.32 Å². The Morgan fingerprint density at radius 3 is 2.76 bits per heavy atom. The predicted molar refractivity (Wildman–Crippen MR) is 80.8 cm³/mol. The second kappa shape index (κ2) is 5.60. The van der Waals surface area contributed by atoms with Crippen molar-refractivity contribution in [3.8, 4) is 0 Å². The smallest absolute Gasteiger partial charge is 0.257 e. The van der Waals surface area contributed by atoms with Crippen molar-refractivity contribution in [1.29, 1.82) is 0 Å². The van der Waals surface area contributed by atoms with Crippen LogP contribution in [0.1, 0.15) is 46.3 Å². The maximum Gasteiger partial charge on any atom is 0.257 e. The van der Waals surface area contributed by atoms with E-state index in [1.165, 1.54) is 0 Å². The van der Waals surface area contributed by atoms with Crippen LogP contribution in [0.25, 0.3) is 0 Å². The Hall–Kier alpha value is -1.69. The van der Waals surface area contributed by atoms with Gasteiger partial charge in [-0.1, -0.05) is 5.16 Å². The number of carbonyl (C=O) groups is 1. The number of aromatic nitrogens is 2. The molecule has 0 radical (unpaired) electrons. The zero-order chi connectivity index (χ0) is 15.0. The Morgan fingerprint density at radius 2 is 2.19 bits per heavy atom. The third-order valence-corrected chi connectivity index (χ3v) is 4.16. The highest BCUT2D eigenvalue weighted by molar-refractivity contribution is 9.10. The van der Waals surface area contributed by atoms with Gasteiger partial charge in [-0.15, -0.1) is 0 Å². The van der Waals surface area contributed by atoms with E-state index in [0.717, 1.165) is 22.9 Å². The van der Waals surface area contributed by atoms with E-state index in [0.29, 0.717) is 22.9 Å². The highest BCUT2D eigenvalue weighted by Crippen LogP contribution is 2.41. The van der Waals surface area contributed by atoms with E-state index >= 15 is 0 Å². The summed E-state index contributed by atoms with van der Waals surface area (Å²) in [4.78, 5) is 16.7. The van der Waals surface area contributed by atoms with Crippen LogP contribution in [0.2, 0.25) is 0 Å². The monoisotopic (exact) mass is 349 g/mol. The van der Waals surface area contributed by atoms with E-state index in [2.05, 4.69) is 31.4 Å². The lowest BCUT2D eigenvalue weighted by atomic mass is 10.0. The van der Waals surface area contributed by atoms with Gasteiger partial charge in [-0.2, -0.15) is 0 Å². The van der Waals surface area contributed by atoms with Gasteiger partial charge in [-0.3, -0.25) is 9.78 Å². The SMILES string of the molecule is Cc1noc(C)c1C(=O)NC(c1cncc(Br)c1)C1CC1. The predicted octanol–water partition coefficient (Wildman–Crippen LogP) is 3.33. The molecule has 1 amide bonds. The molecule has 21 heavy (non-hydrogen) atoms. The van der Waals surface area contributed by atoms with Crippen molar-refractivity contribution >= 4 is 21.8 Å². The molecule has 1 saturated carbocycles. The molecule has 0 bridgehead atoms. The number of carbonyl (C=O) groups excluding carboxylic acids is 1. The molecule has 3 rings (SSSR count). The van der Waals surface area contributed by atoms with Crippen molar-refractivity contribution in [3.63, 3.8) is 0 Å². The second-order valence-corrected chi connectivity index (χ2v) is 6.34. The Labute approximate surface area is 131 Å². The molecule has 2 aromatic rings. The van der Waals surface area contributed by atoms with Crippen molar-refractivity contribution < 1.29 is 9.32 Å². The zero-order valence-electron chi connectivity index (χ0n) is 11.9. The summed E-state index contributed by atoms with van der Waals surface area (Å²) in [5.41, 5.74) is 2.17. The van der Waals surface area contributed by atoms with Crippen LogP contribution in [-0.4, -0.2) is 16.0 Å². The van der Waals surface area contributed by atoms with Gasteiger partial charge in [-0.25, -0.2) is 0 Å². The molecule has 1 atom stereocenters. The highest BCUT2D eigenvalue weighted by Gasteiger charge is 2.34. The number of rotatable bonds is 4. The fourth-order valence-electron chi connectivity index (χ4n) is 2.52. The molecule has 2 heterocycles. The fourth-order valence-corrected chi connectivity index (χ4v) is 2.90. The molecule has 0 aromatic carbocycles. The van der Waals surface area contributed by atoms with Crippen molar-refractivity contribution in [3.05, 3.63) is 45.5 Å². The van der Waals surface area contributed by atoms with Crippen LogP contribution in [0.15, 0.2) is 27.5 Å². The standard InChI is InChI=1S/C15H16BrN3O2/c1-8-13(9(2)21-19-8)15(20)18-14(10-3-4-10)11-5-12(16)7-17-6-11/h5-7,10,14H,3-4H2,1-2H3,(H,18,20). The summed E-state index contributed by atoms with van der Waals surface area (Å²) >= 11 is 3.43. The van der Waals surface area contributed by atoms with Crippen molar-refractivity contribution in [1.82, 2.24) is 15.5 Å². The van der Waals surface area contributed by atoms with Gasteiger partial charge in [0.15, 0.2) is 0 Å². The van der Waals surface area contributed by atoms with Crippen molar-refractivity contribution in [2.24, 2.45) is 5.92 Å². The first-order valence-electron chi connectivity index (χ1n) is 6.90. The largest absolute Gasteiger partial charge is 0.361 e. The minimum atomic E-state index is -0.136. The lowest BCUT2D eigenvalue weighted by Gasteiger charge is -2.18. The second-order valence-electron chi connectivity index (χ2n) is 5.42. The van der Waals surface area contributed by atoms with E-state index in [9.17, 15) is 4.79 Å². The Bertz CT molecular complexity index is 660. The van der Waals surface area contributed by atoms with Crippen LogP contribution in [-0.2, 0) is 0 Å². The number of pyridine rings is 1. The average Bonchev–Trinajstić information content (AvgIpc) is 3.22. The van der Waals surface area contributed by atoms with Gasteiger partial charge in [-0.05, 0) is 60.2 Å². The van der Waals surface area contributed by atoms with Crippen LogP contribution in [0.3, 0.4) is 0 Å². The van der Waals surface area contributed by atoms with Gasteiger partial charge >= 0.3 is 0 Å². The first kappa shape index (κ1) is 14.3. The molecule has 0 spiro atoms. The normalized spacial score (nSPS) is 15.8. The summed E-state index contributed by atoms with van der Waals surface area (Å²) in [6.07, 6.45) is 5.79. The lowest BCUT2D eigenvalue weighted by Crippen LogP contribution is -2.30. The molecule has 110 valence electrons. The number of hydrogen-bond donors (Lipinski definition) is 1. The van der Waals surface area contributed by atoms with Gasteiger partial charge in [0.05, 0.1) is 11.7 Å². The van der Waals surface area contributed by atoms with Gasteiger partial charge < -0.3 is 9.84 Å². The molecular weight excluding hydrogens is 334 g/mol. The van der Waals surface area contributed by atoms with E-state index in [-0.39, 0.29) is 11.9 Å². The van der Waals surface area contributed by atoms with Crippen LogP contribution in [0, 0.1) is 19.8 Å². The number of aryl methyl sites for hydroxylation is 2. The van der Waals surface area contributed by atoms with Crippen LogP contribution in [0.5, 0.6) is 0 Å². The zero-order valence-corrected chi connectivity index (χ0v) is 13.5. The summed E-state index contributed by atoms with van der Waals surface area (Å²) in [5.74, 6) is 0.889. The molecule has 2 aromatic heterocycles. The molecule has 1 aliphatic rings. The Balaban J connectivity index is 1.85. The number of amides is 1. The average molecular weight is 350 g/mol. The first-order valence-corrected chi connectivity index (χ1v) is 7.69. The highest BCUT2D eigenvalue weighted by atomic mass is 79.9. The number of halogens is 1. The third-order valence-electron chi connectivity index (χ3n) is 3.73. The Morgan fingerprint density at radius 1 is 1.43 bits per heavy atom. The maximum absolute atomic E-state index is 12.5. The molecule has 5 nitrogen and oxygen atoms in total. The molecule has 1 unspecified atom stereocenters. The number of nitrogens with one attached hydrogen (secondary N) is 1. The summed E-state index contributed by atoms with van der Waals surface area (Å²) in [6, 6.07) is 1.99. The molecule has 6 heteroatoms. The van der Waals surface area contributed by atoms with Gasteiger partial charge in [0.2, 0.25) is 0 Å². The number of hydrogen-bond acceptors (Lipinski definition) is 4. The van der Waals surface area contributed by atoms with Crippen LogP contribution in [0.4, 0.5) is 0 Å². The maximum atomic E-state index is 12.5. The molecule has 0 saturated heterocycles. The fraction of sp³-hybridized carbons (Fsp3) is 0.400. The van der Waals surface area contributed by atoms with Gasteiger partial charge in [0, 0.05) is 16.9 Å². The minimum absolute atomic E-state index is 0.0174. The topological polar surface area (TPSA) is 68.0 Å². The van der Waals surface area contributed by atoms with Crippen molar-refractivity contribution in [2.75, 3.05) is 0 Å². The molecule has 1 fully saturated rings. The van der Waals surface area contributed by atoms with Crippen LogP contribution >= 0.6 is 15.9 Å². The summed E-state index contributed by atoms with van der Waals surface area (Å²) in [6.45, 7) is 3.53. The van der Waals surface area contributed by atoms with Gasteiger partial charge in [0.1, 0.15) is 11.3 Å². The van der Waals surface area contributed by atoms with E-state index in [1.54, 1.807) is 26.2 Å². The van der Waals surface area contributed by atoms with E-state index < -0.39 is 0 Å². The summed E-state index contributed by atoms with van der Waals surface area (Å²) < 4.78 is 5.98. The molecule has 1 N–H and O–H groups in total. The molecular formula is C15H16BrN3O2. The molecule has 0 aliphatic heterocycles. The first-order chi connectivity index (χ1) is 10.1. The van der Waals surface area contributed by atoms with E-state index in [4.69, 9.17) is 4.52 Å². The van der Waals surface area contributed by atoms with Crippen molar-refractivity contribution in [2.45, 2.75) is 32.7 Å². The third kappa shape index (κ3) is 3.00. The molecule has 1 aliphatic carbocycles. The van der Waals surface area contributed by atoms with E-state index in [1.807, 2.05) is 6.07 Å². The minimum Gasteiger partial charge on any atom is -0.361 e. The Kier molecular flexibility index (Phi) is 3.80. The lowest BCUT2D eigenvalue weighted by molar-refractivity contribution is 0.0929. The summed E-state index contributed by atoms with van der Waals surface area (Å²) in [7, 11) is 0. The van der Waals surface area contributed by atoms with Gasteiger partial charge in [0.25, 0.3) is 5.91 Å².